The number of benzene rings is 1. The second kappa shape index (κ2) is 7.18. The van der Waals surface area contributed by atoms with E-state index in [0.717, 1.165) is 24.2 Å². The van der Waals surface area contributed by atoms with E-state index in [1.54, 1.807) is 0 Å². The summed E-state index contributed by atoms with van der Waals surface area (Å²) in [5.74, 6) is 2.71. The summed E-state index contributed by atoms with van der Waals surface area (Å²) in [5.41, 5.74) is 0. The van der Waals surface area contributed by atoms with Gasteiger partial charge in [0.1, 0.15) is 5.75 Å². The summed E-state index contributed by atoms with van der Waals surface area (Å²) in [6, 6.07) is 10.1. The molecule has 2 heteroatoms. The molecular formula is C16H23BrO. The molecule has 1 aromatic carbocycles. The largest absolute Gasteiger partial charge is 0.494 e. The zero-order chi connectivity index (χ0) is 12.8. The van der Waals surface area contributed by atoms with Gasteiger partial charge in [-0.3, -0.25) is 0 Å². The fraction of sp³-hybridized carbons (Fsp3) is 0.625. The normalized spacial score (nSPS) is 28.0. The van der Waals surface area contributed by atoms with E-state index in [0.29, 0.717) is 4.83 Å². The van der Waals surface area contributed by atoms with Crippen molar-refractivity contribution in [2.24, 2.45) is 11.8 Å². The lowest BCUT2D eigenvalue weighted by molar-refractivity contribution is 0.215. The Labute approximate surface area is 119 Å². The van der Waals surface area contributed by atoms with Crippen LogP contribution in [0.3, 0.4) is 0 Å². The fourth-order valence-corrected chi connectivity index (χ4v) is 3.58. The molecule has 0 aliphatic heterocycles. The highest BCUT2D eigenvalue weighted by Crippen LogP contribution is 2.37. The van der Waals surface area contributed by atoms with Crippen LogP contribution in [0.4, 0.5) is 0 Å². The molecule has 1 aromatic rings. The maximum atomic E-state index is 5.81. The van der Waals surface area contributed by atoms with Crippen LogP contribution in [-0.2, 0) is 0 Å². The number of hydrogen-bond acceptors (Lipinski definition) is 1. The van der Waals surface area contributed by atoms with Gasteiger partial charge in [-0.25, -0.2) is 0 Å². The summed E-state index contributed by atoms with van der Waals surface area (Å²) >= 11 is 3.84. The van der Waals surface area contributed by atoms with Gasteiger partial charge in [0, 0.05) is 4.83 Å². The van der Waals surface area contributed by atoms with Crippen molar-refractivity contribution in [3.63, 3.8) is 0 Å². The van der Waals surface area contributed by atoms with E-state index in [4.69, 9.17) is 4.74 Å². The van der Waals surface area contributed by atoms with Gasteiger partial charge in [0.15, 0.2) is 0 Å². The van der Waals surface area contributed by atoms with E-state index in [1.165, 1.54) is 32.1 Å². The van der Waals surface area contributed by atoms with Gasteiger partial charge in [0.2, 0.25) is 0 Å². The number of rotatable bonds is 5. The fourth-order valence-electron chi connectivity index (χ4n) is 2.84. The van der Waals surface area contributed by atoms with Gasteiger partial charge >= 0.3 is 0 Å². The number of alkyl halides is 1. The zero-order valence-electron chi connectivity index (χ0n) is 11.1. The van der Waals surface area contributed by atoms with Crippen molar-refractivity contribution in [2.75, 3.05) is 6.61 Å². The van der Waals surface area contributed by atoms with Gasteiger partial charge < -0.3 is 4.74 Å². The molecule has 100 valence electrons. The maximum absolute atomic E-state index is 5.81. The monoisotopic (exact) mass is 310 g/mol. The maximum Gasteiger partial charge on any atom is 0.119 e. The van der Waals surface area contributed by atoms with Gasteiger partial charge in [0.25, 0.3) is 0 Å². The molecule has 0 amide bonds. The van der Waals surface area contributed by atoms with E-state index >= 15 is 0 Å². The number of para-hydroxylation sites is 1. The third-order valence-electron chi connectivity index (χ3n) is 4.08. The Bertz CT molecular complexity index is 338. The third kappa shape index (κ3) is 4.01. The summed E-state index contributed by atoms with van der Waals surface area (Å²) in [6.45, 7) is 3.16. The highest BCUT2D eigenvalue weighted by atomic mass is 79.9. The summed E-state index contributed by atoms with van der Waals surface area (Å²) in [6.07, 6.45) is 6.58. The van der Waals surface area contributed by atoms with Gasteiger partial charge in [-0.05, 0) is 49.7 Å². The molecule has 0 radical (unpaired) electrons. The first-order valence-corrected chi connectivity index (χ1v) is 8.03. The molecule has 1 fully saturated rings. The van der Waals surface area contributed by atoms with Crippen molar-refractivity contribution in [3.05, 3.63) is 30.3 Å². The highest BCUT2D eigenvalue weighted by molar-refractivity contribution is 9.09. The first-order chi connectivity index (χ1) is 8.79. The first-order valence-electron chi connectivity index (χ1n) is 7.11. The molecule has 1 aliphatic rings. The number of halogens is 1. The minimum atomic E-state index is 0.694. The van der Waals surface area contributed by atoms with Crippen LogP contribution < -0.4 is 4.74 Å². The van der Waals surface area contributed by atoms with Crippen molar-refractivity contribution in [1.29, 1.82) is 0 Å². The number of ether oxygens (including phenoxy) is 1. The van der Waals surface area contributed by atoms with Crippen LogP contribution in [0.2, 0.25) is 0 Å². The Morgan fingerprint density at radius 1 is 1.22 bits per heavy atom. The average Bonchev–Trinajstić information content (AvgIpc) is 2.42. The molecule has 1 saturated carbocycles. The van der Waals surface area contributed by atoms with Crippen LogP contribution in [0.15, 0.2) is 30.3 Å². The summed E-state index contributed by atoms with van der Waals surface area (Å²) in [7, 11) is 0. The SMILES string of the molecule is CCC1CCC(Br)C(CCOc2ccccc2)C1. The summed E-state index contributed by atoms with van der Waals surface area (Å²) < 4.78 is 5.81. The molecule has 3 unspecified atom stereocenters. The third-order valence-corrected chi connectivity index (χ3v) is 5.28. The smallest absolute Gasteiger partial charge is 0.119 e. The van der Waals surface area contributed by atoms with E-state index in [-0.39, 0.29) is 0 Å². The molecule has 2 rings (SSSR count). The minimum Gasteiger partial charge on any atom is -0.494 e. The second-order valence-corrected chi connectivity index (χ2v) is 6.49. The molecule has 0 spiro atoms. The van der Waals surface area contributed by atoms with E-state index in [9.17, 15) is 0 Å². The van der Waals surface area contributed by atoms with Crippen molar-refractivity contribution in [3.8, 4) is 5.75 Å². The van der Waals surface area contributed by atoms with Gasteiger partial charge in [-0.1, -0.05) is 47.5 Å². The molecule has 0 N–H and O–H groups in total. The van der Waals surface area contributed by atoms with Crippen LogP contribution in [0.1, 0.15) is 39.0 Å². The molecular weight excluding hydrogens is 288 g/mol. The van der Waals surface area contributed by atoms with Crippen molar-refractivity contribution in [2.45, 2.75) is 43.9 Å². The van der Waals surface area contributed by atoms with Gasteiger partial charge in [-0.15, -0.1) is 0 Å². The molecule has 3 atom stereocenters. The van der Waals surface area contributed by atoms with E-state index in [1.807, 2.05) is 30.3 Å². The average molecular weight is 311 g/mol. The lowest BCUT2D eigenvalue weighted by Gasteiger charge is -2.32. The van der Waals surface area contributed by atoms with Gasteiger partial charge in [0.05, 0.1) is 6.61 Å². The molecule has 0 heterocycles. The molecule has 1 nitrogen and oxygen atoms in total. The van der Waals surface area contributed by atoms with Crippen molar-refractivity contribution in [1.82, 2.24) is 0 Å². The zero-order valence-corrected chi connectivity index (χ0v) is 12.7. The van der Waals surface area contributed by atoms with Crippen LogP contribution in [0.5, 0.6) is 5.75 Å². The highest BCUT2D eigenvalue weighted by Gasteiger charge is 2.27. The van der Waals surface area contributed by atoms with E-state index < -0.39 is 0 Å². The topological polar surface area (TPSA) is 9.23 Å². The number of hydrogen-bond donors (Lipinski definition) is 0. The van der Waals surface area contributed by atoms with Crippen LogP contribution in [0, 0.1) is 11.8 Å². The molecule has 0 aromatic heterocycles. The quantitative estimate of drug-likeness (QED) is 0.692. The Kier molecular flexibility index (Phi) is 5.55. The minimum absolute atomic E-state index is 0.694. The van der Waals surface area contributed by atoms with Gasteiger partial charge in [-0.2, -0.15) is 0 Å². The Morgan fingerprint density at radius 2 is 2.00 bits per heavy atom. The van der Waals surface area contributed by atoms with Crippen LogP contribution in [-0.4, -0.2) is 11.4 Å². The predicted molar refractivity (Wildman–Crippen MR) is 80.4 cm³/mol. The Balaban J connectivity index is 1.75. The van der Waals surface area contributed by atoms with Crippen molar-refractivity contribution >= 4 is 15.9 Å². The van der Waals surface area contributed by atoms with Crippen molar-refractivity contribution < 1.29 is 4.74 Å². The van der Waals surface area contributed by atoms with E-state index in [2.05, 4.69) is 22.9 Å². The predicted octanol–water partition coefficient (Wildman–Crippen LogP) is 5.05. The summed E-state index contributed by atoms with van der Waals surface area (Å²) in [4.78, 5) is 0.694. The Hall–Kier alpha value is -0.500. The summed E-state index contributed by atoms with van der Waals surface area (Å²) in [5, 5.41) is 0. The lowest BCUT2D eigenvalue weighted by atomic mass is 9.79. The molecule has 0 bridgehead atoms. The molecule has 1 aliphatic carbocycles. The molecule has 18 heavy (non-hydrogen) atoms. The van der Waals surface area contributed by atoms with Crippen LogP contribution >= 0.6 is 15.9 Å². The van der Waals surface area contributed by atoms with Crippen LogP contribution in [0.25, 0.3) is 0 Å². The standard InChI is InChI=1S/C16H23BrO/c1-2-13-8-9-16(17)14(12-13)10-11-18-15-6-4-3-5-7-15/h3-7,13-14,16H,2,8-12H2,1H3. The Morgan fingerprint density at radius 3 is 2.72 bits per heavy atom. The lowest BCUT2D eigenvalue weighted by Crippen LogP contribution is -2.26. The second-order valence-electron chi connectivity index (χ2n) is 5.31. The first kappa shape index (κ1) is 13.9. The molecule has 0 saturated heterocycles.